The molecular weight excluding hydrogens is 200 g/mol. The smallest absolute Gasteiger partial charge is 0.260 e. The van der Waals surface area contributed by atoms with Gasteiger partial charge in [-0.1, -0.05) is 10.2 Å². The summed E-state index contributed by atoms with van der Waals surface area (Å²) in [6, 6.07) is 0. The van der Waals surface area contributed by atoms with Gasteiger partial charge in [0.25, 0.3) is 11.9 Å². The molecule has 10 heteroatoms. The SMILES string of the molecule is Nc1nnn(CCCn2nnc(N)n2)n1. The molecule has 0 aliphatic heterocycles. The Morgan fingerprint density at radius 1 is 0.867 bits per heavy atom. The molecule has 10 nitrogen and oxygen atoms in total. The van der Waals surface area contributed by atoms with Crippen LogP contribution in [0.2, 0.25) is 0 Å². The number of tetrazole rings is 2. The molecule has 2 aromatic rings. The molecule has 2 aromatic heterocycles. The third-order valence-electron chi connectivity index (χ3n) is 1.65. The first-order valence-electron chi connectivity index (χ1n) is 4.30. The second-order valence-electron chi connectivity index (χ2n) is 2.84. The lowest BCUT2D eigenvalue weighted by Gasteiger charge is -1.97. The van der Waals surface area contributed by atoms with Gasteiger partial charge < -0.3 is 11.5 Å². The standard InChI is InChI=1S/C5H10N10/c6-4-8-12-14(10-4)2-1-3-15-11-5(7)9-13-15/h1-3H2,(H2,6,10)(H2,7,11). The van der Waals surface area contributed by atoms with Gasteiger partial charge in [-0.3, -0.25) is 0 Å². The van der Waals surface area contributed by atoms with Gasteiger partial charge in [0, 0.05) is 0 Å². The summed E-state index contributed by atoms with van der Waals surface area (Å²) in [5.41, 5.74) is 10.6. The van der Waals surface area contributed by atoms with Gasteiger partial charge in [0.05, 0.1) is 13.1 Å². The van der Waals surface area contributed by atoms with E-state index in [1.807, 2.05) is 0 Å². The van der Waals surface area contributed by atoms with E-state index in [1.165, 1.54) is 9.59 Å². The molecule has 80 valence electrons. The summed E-state index contributed by atoms with van der Waals surface area (Å²) in [5, 5.41) is 22.2. The van der Waals surface area contributed by atoms with Crippen molar-refractivity contribution in [3.63, 3.8) is 0 Å². The van der Waals surface area contributed by atoms with Crippen LogP contribution in [-0.2, 0) is 13.1 Å². The minimum absolute atomic E-state index is 0.165. The van der Waals surface area contributed by atoms with Crippen LogP contribution in [0.4, 0.5) is 11.9 Å². The van der Waals surface area contributed by atoms with Crippen molar-refractivity contribution >= 4 is 11.9 Å². The monoisotopic (exact) mass is 210 g/mol. The van der Waals surface area contributed by atoms with Crippen molar-refractivity contribution < 1.29 is 0 Å². The fourth-order valence-electron chi connectivity index (χ4n) is 1.05. The molecule has 4 N–H and O–H groups in total. The largest absolute Gasteiger partial charge is 0.365 e. The predicted molar refractivity (Wildman–Crippen MR) is 49.1 cm³/mol. The van der Waals surface area contributed by atoms with Crippen LogP contribution in [0.1, 0.15) is 6.42 Å². The third-order valence-corrected chi connectivity index (χ3v) is 1.65. The molecule has 0 aliphatic carbocycles. The van der Waals surface area contributed by atoms with Crippen molar-refractivity contribution in [3.8, 4) is 0 Å². The van der Waals surface area contributed by atoms with Gasteiger partial charge in [0.2, 0.25) is 0 Å². The first-order chi connectivity index (χ1) is 7.24. The summed E-state index contributed by atoms with van der Waals surface area (Å²) in [6.45, 7) is 1.18. The van der Waals surface area contributed by atoms with Crippen molar-refractivity contribution in [1.29, 1.82) is 0 Å². The van der Waals surface area contributed by atoms with Crippen molar-refractivity contribution in [1.82, 2.24) is 40.4 Å². The number of nitrogens with two attached hydrogens (primary N) is 2. The van der Waals surface area contributed by atoms with Crippen LogP contribution in [0.3, 0.4) is 0 Å². The van der Waals surface area contributed by atoms with E-state index in [0.29, 0.717) is 13.1 Å². The zero-order chi connectivity index (χ0) is 10.7. The molecular formula is C5H10N10. The maximum Gasteiger partial charge on any atom is 0.260 e. The van der Waals surface area contributed by atoms with Gasteiger partial charge in [-0.2, -0.15) is 9.59 Å². The van der Waals surface area contributed by atoms with E-state index in [9.17, 15) is 0 Å². The number of hydrogen-bond acceptors (Lipinski definition) is 8. The minimum Gasteiger partial charge on any atom is -0.365 e. The Morgan fingerprint density at radius 3 is 1.67 bits per heavy atom. The quantitative estimate of drug-likeness (QED) is 0.585. The highest BCUT2D eigenvalue weighted by Gasteiger charge is 2.00. The van der Waals surface area contributed by atoms with Gasteiger partial charge in [-0.05, 0) is 16.8 Å². The summed E-state index contributed by atoms with van der Waals surface area (Å²) in [6.07, 6.45) is 0.742. The summed E-state index contributed by atoms with van der Waals surface area (Å²) in [7, 11) is 0. The molecule has 0 amide bonds. The Kier molecular flexibility index (Phi) is 2.39. The van der Waals surface area contributed by atoms with E-state index in [-0.39, 0.29) is 11.9 Å². The molecule has 15 heavy (non-hydrogen) atoms. The lowest BCUT2D eigenvalue weighted by Crippen LogP contribution is -2.09. The van der Waals surface area contributed by atoms with Crippen LogP contribution >= 0.6 is 0 Å². The van der Waals surface area contributed by atoms with E-state index in [1.54, 1.807) is 0 Å². The Hall–Kier alpha value is -2.26. The molecule has 0 aliphatic rings. The molecule has 2 rings (SSSR count). The zero-order valence-corrected chi connectivity index (χ0v) is 7.85. The lowest BCUT2D eigenvalue weighted by atomic mass is 10.4. The number of aryl methyl sites for hydroxylation is 2. The molecule has 0 saturated heterocycles. The van der Waals surface area contributed by atoms with Crippen molar-refractivity contribution in [2.24, 2.45) is 0 Å². The van der Waals surface area contributed by atoms with E-state index in [4.69, 9.17) is 11.5 Å². The van der Waals surface area contributed by atoms with Crippen molar-refractivity contribution in [2.75, 3.05) is 11.5 Å². The van der Waals surface area contributed by atoms with Crippen LogP contribution in [0.15, 0.2) is 0 Å². The lowest BCUT2D eigenvalue weighted by molar-refractivity contribution is 0.429. The normalized spacial score (nSPS) is 10.7. The van der Waals surface area contributed by atoms with Crippen LogP contribution in [0, 0.1) is 0 Å². The highest BCUT2D eigenvalue weighted by molar-refractivity contribution is 5.06. The number of anilines is 2. The Morgan fingerprint density at radius 2 is 1.33 bits per heavy atom. The Balaban J connectivity index is 1.80. The van der Waals surface area contributed by atoms with E-state index in [2.05, 4.69) is 30.8 Å². The third kappa shape index (κ3) is 2.36. The summed E-state index contributed by atoms with van der Waals surface area (Å²) in [5.74, 6) is 0.330. The predicted octanol–water partition coefficient (Wildman–Crippen LogP) is -2.09. The van der Waals surface area contributed by atoms with Gasteiger partial charge in [-0.25, -0.2) is 0 Å². The molecule has 0 atom stereocenters. The highest BCUT2D eigenvalue weighted by atomic mass is 15.6. The van der Waals surface area contributed by atoms with Crippen molar-refractivity contribution in [3.05, 3.63) is 0 Å². The van der Waals surface area contributed by atoms with Crippen LogP contribution in [-0.4, -0.2) is 40.4 Å². The highest BCUT2D eigenvalue weighted by Crippen LogP contribution is 1.92. The summed E-state index contributed by atoms with van der Waals surface area (Å²) in [4.78, 5) is 2.82. The second kappa shape index (κ2) is 3.86. The number of rotatable bonds is 4. The average molecular weight is 210 g/mol. The van der Waals surface area contributed by atoms with Gasteiger partial charge >= 0.3 is 0 Å². The number of nitrogens with zero attached hydrogens (tertiary/aromatic N) is 8. The molecule has 0 radical (unpaired) electrons. The van der Waals surface area contributed by atoms with Crippen LogP contribution in [0.5, 0.6) is 0 Å². The second-order valence-corrected chi connectivity index (χ2v) is 2.84. The van der Waals surface area contributed by atoms with Crippen molar-refractivity contribution in [2.45, 2.75) is 19.5 Å². The number of nitrogen functional groups attached to an aromatic ring is 2. The van der Waals surface area contributed by atoms with E-state index < -0.39 is 0 Å². The molecule has 0 unspecified atom stereocenters. The summed E-state index contributed by atoms with van der Waals surface area (Å²) >= 11 is 0. The molecule has 0 saturated carbocycles. The van der Waals surface area contributed by atoms with Crippen LogP contribution < -0.4 is 11.5 Å². The molecule has 0 aromatic carbocycles. The molecule has 0 fully saturated rings. The maximum atomic E-state index is 5.30. The average Bonchev–Trinajstić information content (AvgIpc) is 2.76. The summed E-state index contributed by atoms with van der Waals surface area (Å²) < 4.78 is 0. The number of hydrogen-bond donors (Lipinski definition) is 2. The van der Waals surface area contributed by atoms with Gasteiger partial charge in [-0.15, -0.1) is 10.2 Å². The van der Waals surface area contributed by atoms with E-state index in [0.717, 1.165) is 6.42 Å². The first kappa shape index (κ1) is 9.30. The fourth-order valence-corrected chi connectivity index (χ4v) is 1.05. The first-order valence-corrected chi connectivity index (χ1v) is 4.30. The maximum absolute atomic E-state index is 5.30. The molecule has 0 bridgehead atoms. The zero-order valence-electron chi connectivity index (χ0n) is 7.85. The van der Waals surface area contributed by atoms with E-state index >= 15 is 0 Å². The Labute approximate surface area is 84.2 Å². The van der Waals surface area contributed by atoms with Crippen LogP contribution in [0.25, 0.3) is 0 Å². The molecule has 0 spiro atoms. The van der Waals surface area contributed by atoms with Gasteiger partial charge in [0.1, 0.15) is 0 Å². The minimum atomic E-state index is 0.165. The molecule has 2 heterocycles. The topological polar surface area (TPSA) is 139 Å². The number of aromatic nitrogens is 8. The van der Waals surface area contributed by atoms with Gasteiger partial charge in [0.15, 0.2) is 0 Å². The fraction of sp³-hybridized carbons (Fsp3) is 0.600. The Bertz CT molecular complexity index is 388.